The van der Waals surface area contributed by atoms with Crippen molar-refractivity contribution in [2.24, 2.45) is 0 Å². The van der Waals surface area contributed by atoms with E-state index in [4.69, 9.17) is 5.26 Å². The molecule has 0 heterocycles. The Morgan fingerprint density at radius 3 is 2.69 bits per heavy atom. The predicted molar refractivity (Wildman–Crippen MR) is 66.7 cm³/mol. The van der Waals surface area contributed by atoms with E-state index in [-0.39, 0.29) is 6.04 Å². The van der Waals surface area contributed by atoms with E-state index in [0.29, 0.717) is 6.42 Å². The minimum Gasteiger partial charge on any atom is -0.298 e. The van der Waals surface area contributed by atoms with Crippen LogP contribution in [0.5, 0.6) is 0 Å². The highest BCUT2D eigenvalue weighted by Gasteiger charge is 2.12. The summed E-state index contributed by atoms with van der Waals surface area (Å²) in [5, 5.41) is 8.77. The number of benzene rings is 1. The Morgan fingerprint density at radius 1 is 1.44 bits per heavy atom. The van der Waals surface area contributed by atoms with E-state index in [2.05, 4.69) is 36.7 Å². The lowest BCUT2D eigenvalue weighted by Crippen LogP contribution is -2.30. The first-order valence-electron chi connectivity index (χ1n) is 5.50. The minimum absolute atomic E-state index is 0.266. The molecule has 2 heteroatoms. The Kier molecular flexibility index (Phi) is 5.31. The molecular formula is C14H18N2. The molecule has 84 valence electrons. The largest absolute Gasteiger partial charge is 0.298 e. The first-order valence-corrected chi connectivity index (χ1v) is 5.50. The number of nitrogens with zero attached hydrogens (tertiary/aromatic N) is 2. The van der Waals surface area contributed by atoms with E-state index in [0.717, 1.165) is 13.0 Å². The van der Waals surface area contributed by atoms with Gasteiger partial charge < -0.3 is 0 Å². The zero-order valence-corrected chi connectivity index (χ0v) is 9.76. The molecule has 16 heavy (non-hydrogen) atoms. The zero-order valence-electron chi connectivity index (χ0n) is 9.76. The molecule has 0 bridgehead atoms. The zero-order chi connectivity index (χ0) is 11.8. The van der Waals surface area contributed by atoms with E-state index >= 15 is 0 Å². The van der Waals surface area contributed by atoms with Gasteiger partial charge in [0.15, 0.2) is 0 Å². The highest BCUT2D eigenvalue weighted by atomic mass is 15.1. The third kappa shape index (κ3) is 3.88. The molecular weight excluding hydrogens is 196 g/mol. The molecule has 0 aliphatic heterocycles. The number of hydrogen-bond donors (Lipinski definition) is 0. The lowest BCUT2D eigenvalue weighted by atomic mass is 10.1. The summed E-state index contributed by atoms with van der Waals surface area (Å²) in [6.07, 6.45) is 3.29. The first-order chi connectivity index (χ1) is 7.77. The van der Waals surface area contributed by atoms with Gasteiger partial charge in [0, 0.05) is 12.6 Å². The van der Waals surface area contributed by atoms with Crippen LogP contribution in [0, 0.1) is 11.3 Å². The molecule has 1 atom stereocenters. The van der Waals surface area contributed by atoms with Crippen molar-refractivity contribution < 1.29 is 0 Å². The van der Waals surface area contributed by atoms with E-state index in [1.54, 1.807) is 0 Å². The van der Waals surface area contributed by atoms with Crippen LogP contribution in [0.15, 0.2) is 43.0 Å². The Balaban J connectivity index is 2.58. The van der Waals surface area contributed by atoms with Crippen molar-refractivity contribution in [3.8, 4) is 6.07 Å². The summed E-state index contributed by atoms with van der Waals surface area (Å²) in [6.45, 7) is 4.61. The van der Waals surface area contributed by atoms with Crippen molar-refractivity contribution >= 4 is 0 Å². The molecule has 0 fully saturated rings. The van der Waals surface area contributed by atoms with Crippen molar-refractivity contribution in [3.63, 3.8) is 0 Å². The molecule has 0 radical (unpaired) electrons. The maximum Gasteiger partial charge on any atom is 0.0638 e. The van der Waals surface area contributed by atoms with Crippen LogP contribution in [0.3, 0.4) is 0 Å². The summed E-state index contributed by atoms with van der Waals surface area (Å²) >= 11 is 0. The van der Waals surface area contributed by atoms with Crippen molar-refractivity contribution in [2.75, 3.05) is 7.05 Å². The Bertz CT molecular complexity index is 351. The summed E-state index contributed by atoms with van der Waals surface area (Å²) in [5.41, 5.74) is 1.28. The lowest BCUT2D eigenvalue weighted by Gasteiger charge is -2.25. The molecule has 0 saturated heterocycles. The minimum atomic E-state index is 0.266. The highest BCUT2D eigenvalue weighted by Crippen LogP contribution is 2.11. The van der Waals surface area contributed by atoms with E-state index in [1.807, 2.05) is 24.3 Å². The second-order valence-corrected chi connectivity index (χ2v) is 3.94. The molecule has 1 unspecified atom stereocenters. The van der Waals surface area contributed by atoms with Crippen LogP contribution in [0.1, 0.15) is 18.4 Å². The summed E-state index contributed by atoms with van der Waals surface area (Å²) < 4.78 is 0. The van der Waals surface area contributed by atoms with Crippen molar-refractivity contribution in [1.82, 2.24) is 4.90 Å². The van der Waals surface area contributed by atoms with Crippen LogP contribution >= 0.6 is 0 Å². The monoisotopic (exact) mass is 214 g/mol. The van der Waals surface area contributed by atoms with Crippen molar-refractivity contribution in [3.05, 3.63) is 48.6 Å². The third-order valence-corrected chi connectivity index (χ3v) is 2.66. The van der Waals surface area contributed by atoms with Gasteiger partial charge in [-0.1, -0.05) is 36.4 Å². The Hall–Kier alpha value is -1.59. The van der Waals surface area contributed by atoms with E-state index < -0.39 is 0 Å². The maximum atomic E-state index is 8.77. The fourth-order valence-electron chi connectivity index (χ4n) is 1.72. The summed E-state index contributed by atoms with van der Waals surface area (Å²) in [6, 6.07) is 12.8. The van der Waals surface area contributed by atoms with Gasteiger partial charge >= 0.3 is 0 Å². The van der Waals surface area contributed by atoms with Gasteiger partial charge in [-0.05, 0) is 19.0 Å². The average Bonchev–Trinajstić information content (AvgIpc) is 2.30. The lowest BCUT2D eigenvalue weighted by molar-refractivity contribution is 0.237. The Labute approximate surface area is 97.8 Å². The molecule has 1 aromatic rings. The summed E-state index contributed by atoms with van der Waals surface area (Å²) in [4.78, 5) is 2.21. The van der Waals surface area contributed by atoms with Gasteiger partial charge in [-0.15, -0.1) is 6.58 Å². The predicted octanol–water partition coefficient (Wildman–Crippen LogP) is 2.98. The second kappa shape index (κ2) is 6.81. The molecule has 0 N–H and O–H groups in total. The van der Waals surface area contributed by atoms with E-state index in [1.165, 1.54) is 5.56 Å². The standard InChI is InChI=1S/C14H18N2/c1-3-7-14(10-11-15)16(2)12-13-8-5-4-6-9-13/h3-6,8-9,14H,1,7,10,12H2,2H3. The van der Waals surface area contributed by atoms with Gasteiger partial charge in [-0.2, -0.15) is 5.26 Å². The SMILES string of the molecule is C=CCC(CC#N)N(C)Cc1ccccc1. The average molecular weight is 214 g/mol. The van der Waals surface area contributed by atoms with Crippen LogP contribution in [-0.2, 0) is 6.54 Å². The van der Waals surface area contributed by atoms with Crippen LogP contribution in [0.2, 0.25) is 0 Å². The summed E-state index contributed by atoms with van der Waals surface area (Å²) in [7, 11) is 2.05. The van der Waals surface area contributed by atoms with Gasteiger partial charge in [0.25, 0.3) is 0 Å². The molecule has 0 saturated carbocycles. The van der Waals surface area contributed by atoms with Crippen LogP contribution in [-0.4, -0.2) is 18.0 Å². The maximum absolute atomic E-state index is 8.77. The van der Waals surface area contributed by atoms with Gasteiger partial charge in [-0.3, -0.25) is 4.90 Å². The van der Waals surface area contributed by atoms with Gasteiger partial charge in [-0.25, -0.2) is 0 Å². The molecule has 1 rings (SSSR count). The van der Waals surface area contributed by atoms with Crippen LogP contribution < -0.4 is 0 Å². The third-order valence-electron chi connectivity index (χ3n) is 2.66. The summed E-state index contributed by atoms with van der Waals surface area (Å²) in [5.74, 6) is 0. The number of hydrogen-bond acceptors (Lipinski definition) is 2. The van der Waals surface area contributed by atoms with Crippen molar-refractivity contribution in [1.29, 1.82) is 5.26 Å². The molecule has 0 aliphatic rings. The molecule has 0 aromatic heterocycles. The Morgan fingerprint density at radius 2 is 2.12 bits per heavy atom. The van der Waals surface area contributed by atoms with Crippen LogP contribution in [0.25, 0.3) is 0 Å². The molecule has 0 aliphatic carbocycles. The molecule has 0 amide bonds. The highest BCUT2D eigenvalue weighted by molar-refractivity contribution is 5.14. The fourth-order valence-corrected chi connectivity index (χ4v) is 1.72. The molecule has 2 nitrogen and oxygen atoms in total. The van der Waals surface area contributed by atoms with Crippen molar-refractivity contribution in [2.45, 2.75) is 25.4 Å². The quantitative estimate of drug-likeness (QED) is 0.681. The number of nitriles is 1. The van der Waals surface area contributed by atoms with E-state index in [9.17, 15) is 0 Å². The first kappa shape index (κ1) is 12.5. The normalized spacial score (nSPS) is 12.1. The second-order valence-electron chi connectivity index (χ2n) is 3.94. The topological polar surface area (TPSA) is 27.0 Å². The smallest absolute Gasteiger partial charge is 0.0638 e. The van der Waals surface area contributed by atoms with Crippen LogP contribution in [0.4, 0.5) is 0 Å². The van der Waals surface area contributed by atoms with Gasteiger partial charge in [0.2, 0.25) is 0 Å². The fraction of sp³-hybridized carbons (Fsp3) is 0.357. The van der Waals surface area contributed by atoms with Gasteiger partial charge in [0.1, 0.15) is 0 Å². The number of rotatable bonds is 6. The molecule has 0 spiro atoms. The van der Waals surface area contributed by atoms with Gasteiger partial charge in [0.05, 0.1) is 12.5 Å². The molecule has 1 aromatic carbocycles.